The predicted molar refractivity (Wildman–Crippen MR) is 73.8 cm³/mol. The summed E-state index contributed by atoms with van der Waals surface area (Å²) >= 11 is 0.0287. The van der Waals surface area contributed by atoms with Crippen LogP contribution in [0.3, 0.4) is 0 Å². The molecule has 0 aromatic heterocycles. The molecule has 2 aromatic carbocycles. The molecule has 0 radical (unpaired) electrons. The minimum absolute atomic E-state index is 0. The molecule has 1 atom stereocenters. The average molecular weight is 377 g/mol. The summed E-state index contributed by atoms with van der Waals surface area (Å²) in [5, 5.41) is 21.5. The van der Waals surface area contributed by atoms with Gasteiger partial charge in [-0.15, -0.1) is 0 Å². The predicted octanol–water partition coefficient (Wildman–Crippen LogP) is -2.18. The van der Waals surface area contributed by atoms with Crippen molar-refractivity contribution >= 4 is 17.2 Å². The van der Waals surface area contributed by atoms with Crippen LogP contribution in [0.15, 0.2) is 60.7 Å². The molecule has 6 heteroatoms. The summed E-state index contributed by atoms with van der Waals surface area (Å²) in [6.07, 6.45) is 0. The number of halogens is 1. The second kappa shape index (κ2) is 10.5. The zero-order valence-corrected chi connectivity index (χ0v) is 13.3. The maximum absolute atomic E-state index is 7.17. The van der Waals surface area contributed by atoms with Gasteiger partial charge in [0.2, 0.25) is 0 Å². The van der Waals surface area contributed by atoms with Gasteiger partial charge in [0.1, 0.15) is 0 Å². The van der Waals surface area contributed by atoms with Crippen molar-refractivity contribution in [2.24, 2.45) is 0 Å². The Morgan fingerprint density at radius 2 is 0.944 bits per heavy atom. The summed E-state index contributed by atoms with van der Waals surface area (Å²) in [5.74, 6) is 0. The molecule has 2 aromatic rings. The fourth-order valence-electron chi connectivity index (χ4n) is 1.08. The van der Waals surface area contributed by atoms with E-state index in [0.29, 0.717) is 0 Å². The summed E-state index contributed by atoms with van der Waals surface area (Å²) in [5.41, 5.74) is 0. The Hall–Kier alpha value is -0.455. The fraction of sp³-hybridized carbons (Fsp3) is 0. The van der Waals surface area contributed by atoms with Gasteiger partial charge in [-0.05, 0) is 0 Å². The van der Waals surface area contributed by atoms with Crippen molar-refractivity contribution in [1.29, 1.82) is 0 Å². The van der Waals surface area contributed by atoms with E-state index in [4.69, 9.17) is 15.1 Å². The standard InChI is InChI=1S/C12H10I.BH3O3.H3P/c1-3-7-11(8-4-1)13-12-9-5-2-6-10-12;2-1(3)4;/h1-10H;2-4H;1H3/q-1;;. The van der Waals surface area contributed by atoms with Gasteiger partial charge in [-0.25, -0.2) is 0 Å². The summed E-state index contributed by atoms with van der Waals surface area (Å²) in [7, 11) is -2.17. The average Bonchev–Trinajstić information content (AvgIpc) is 2.31. The molecule has 3 nitrogen and oxygen atoms in total. The summed E-state index contributed by atoms with van der Waals surface area (Å²) < 4.78 is 2.96. The number of benzene rings is 2. The van der Waals surface area contributed by atoms with Crippen LogP contribution in [0.25, 0.3) is 0 Å². The van der Waals surface area contributed by atoms with Crippen LogP contribution in [0.5, 0.6) is 0 Å². The Morgan fingerprint density at radius 3 is 1.22 bits per heavy atom. The van der Waals surface area contributed by atoms with E-state index in [-0.39, 0.29) is 31.1 Å². The first-order valence-electron chi connectivity index (χ1n) is 4.97. The van der Waals surface area contributed by atoms with Crippen LogP contribution in [-0.2, 0) is 0 Å². The third-order valence-electron chi connectivity index (χ3n) is 1.68. The van der Waals surface area contributed by atoms with E-state index in [0.717, 1.165) is 0 Å². The van der Waals surface area contributed by atoms with Crippen LogP contribution in [0.1, 0.15) is 0 Å². The second-order valence-electron chi connectivity index (χ2n) is 3.03. The van der Waals surface area contributed by atoms with Crippen molar-refractivity contribution in [3.63, 3.8) is 0 Å². The number of rotatable bonds is 2. The molecule has 0 saturated heterocycles. The van der Waals surface area contributed by atoms with E-state index in [1.165, 1.54) is 7.14 Å². The first-order valence-corrected chi connectivity index (χ1v) is 7.13. The van der Waals surface area contributed by atoms with Gasteiger partial charge >= 0.3 is 96.3 Å². The summed E-state index contributed by atoms with van der Waals surface area (Å²) in [4.78, 5) is 0. The van der Waals surface area contributed by atoms with Crippen LogP contribution in [0, 0.1) is 7.14 Å². The van der Waals surface area contributed by atoms with E-state index in [9.17, 15) is 0 Å². The van der Waals surface area contributed by atoms with Gasteiger partial charge in [0.15, 0.2) is 0 Å². The quantitative estimate of drug-likeness (QED) is 0.317. The Balaban J connectivity index is 0.000000512. The van der Waals surface area contributed by atoms with Crippen LogP contribution in [0.4, 0.5) is 0 Å². The molecule has 3 N–H and O–H groups in total. The fourth-order valence-corrected chi connectivity index (χ4v) is 3.35. The van der Waals surface area contributed by atoms with Crippen LogP contribution >= 0.6 is 9.90 Å². The van der Waals surface area contributed by atoms with Gasteiger partial charge in [-0.2, -0.15) is 9.90 Å². The van der Waals surface area contributed by atoms with E-state index in [1.807, 2.05) is 0 Å². The van der Waals surface area contributed by atoms with Gasteiger partial charge < -0.3 is 15.1 Å². The maximum atomic E-state index is 7.17. The Morgan fingerprint density at radius 1 is 0.667 bits per heavy atom. The van der Waals surface area contributed by atoms with Gasteiger partial charge in [0.05, 0.1) is 0 Å². The molecule has 0 amide bonds. The van der Waals surface area contributed by atoms with Gasteiger partial charge in [0.25, 0.3) is 0 Å². The molecule has 98 valence electrons. The molecule has 0 fully saturated rings. The molecule has 0 aliphatic rings. The third-order valence-corrected chi connectivity index (χ3v) is 4.37. The molecule has 18 heavy (non-hydrogen) atoms. The Bertz CT molecular complexity index is 374. The monoisotopic (exact) mass is 377 g/mol. The van der Waals surface area contributed by atoms with Gasteiger partial charge in [-0.1, -0.05) is 0 Å². The van der Waals surface area contributed by atoms with Gasteiger partial charge in [0, 0.05) is 0 Å². The van der Waals surface area contributed by atoms with Crippen molar-refractivity contribution in [3.8, 4) is 0 Å². The van der Waals surface area contributed by atoms with Crippen LogP contribution in [0.2, 0.25) is 0 Å². The van der Waals surface area contributed by atoms with Crippen molar-refractivity contribution in [2.45, 2.75) is 0 Å². The molecule has 2 rings (SSSR count). The van der Waals surface area contributed by atoms with Crippen molar-refractivity contribution in [2.75, 3.05) is 0 Å². The normalized spacial score (nSPS) is 8.83. The zero-order valence-electron chi connectivity index (χ0n) is 9.78. The molecule has 0 bridgehead atoms. The third kappa shape index (κ3) is 8.61. The molecule has 0 spiro atoms. The van der Waals surface area contributed by atoms with E-state index in [1.54, 1.807) is 0 Å². The summed E-state index contributed by atoms with van der Waals surface area (Å²) in [6.45, 7) is 0. The molecule has 0 heterocycles. The Kier molecular flexibility index (Phi) is 10.2. The van der Waals surface area contributed by atoms with Crippen molar-refractivity contribution in [1.82, 2.24) is 0 Å². The number of hydrogen-bond acceptors (Lipinski definition) is 3. The molecule has 0 aliphatic heterocycles. The molecular weight excluding hydrogens is 361 g/mol. The van der Waals surface area contributed by atoms with Crippen molar-refractivity contribution < 1.29 is 36.3 Å². The molecular formula is C12H16BIO3P-. The second-order valence-corrected chi connectivity index (χ2v) is 6.06. The topological polar surface area (TPSA) is 60.7 Å². The molecule has 1 unspecified atom stereocenters. The van der Waals surface area contributed by atoms with Crippen molar-refractivity contribution in [3.05, 3.63) is 67.8 Å². The van der Waals surface area contributed by atoms with E-state index < -0.39 is 7.32 Å². The first-order chi connectivity index (χ1) is 8.18. The van der Waals surface area contributed by atoms with E-state index >= 15 is 0 Å². The first kappa shape index (κ1) is 17.5. The SMILES string of the molecule is OB(O)O.P.c1ccc([I-]c2ccccc2)cc1. The zero-order chi connectivity index (χ0) is 12.5. The molecule has 0 saturated carbocycles. The van der Waals surface area contributed by atoms with Crippen LogP contribution < -0.4 is 21.2 Å². The Labute approximate surface area is 121 Å². The summed E-state index contributed by atoms with van der Waals surface area (Å²) in [6, 6.07) is 21.4. The number of hydrogen-bond donors (Lipinski definition) is 3. The minimum atomic E-state index is -2.17. The van der Waals surface area contributed by atoms with E-state index in [2.05, 4.69) is 60.7 Å². The van der Waals surface area contributed by atoms with Crippen LogP contribution in [-0.4, -0.2) is 22.4 Å². The van der Waals surface area contributed by atoms with Gasteiger partial charge in [-0.3, -0.25) is 0 Å². The molecule has 0 aliphatic carbocycles.